The summed E-state index contributed by atoms with van der Waals surface area (Å²) in [6.45, 7) is 2.27. The highest BCUT2D eigenvalue weighted by Crippen LogP contribution is 2.38. The van der Waals surface area contributed by atoms with E-state index in [0.717, 1.165) is 16.7 Å². The minimum atomic E-state index is -0.979. The number of carboxylic acid groups (broad SMARTS) is 1. The zero-order chi connectivity index (χ0) is 25.2. The average molecular weight is 516 g/mol. The molecule has 0 aliphatic carbocycles. The molecule has 1 aliphatic rings. The number of halogens is 3. The molecule has 0 saturated heterocycles. The van der Waals surface area contributed by atoms with Gasteiger partial charge in [0.2, 0.25) is 0 Å². The second-order valence-electron chi connectivity index (χ2n) is 8.98. The van der Waals surface area contributed by atoms with E-state index in [2.05, 4.69) is 0 Å². The summed E-state index contributed by atoms with van der Waals surface area (Å²) in [7, 11) is 0. The summed E-state index contributed by atoms with van der Waals surface area (Å²) in [5, 5.41) is 9.77. The van der Waals surface area contributed by atoms with Crippen molar-refractivity contribution in [1.29, 1.82) is 0 Å². The topological polar surface area (TPSA) is 66.8 Å². The highest BCUT2D eigenvalue weighted by molar-refractivity contribution is 6.31. The first-order valence-electron chi connectivity index (χ1n) is 11.1. The molecule has 0 aromatic heterocycles. The number of nitrogens with zero attached hydrogens (tertiary/aromatic N) is 1. The molecule has 4 rings (SSSR count). The van der Waals surface area contributed by atoms with E-state index < -0.39 is 17.4 Å². The molecule has 0 radical (unpaired) electrons. The number of hydrogen-bond donors (Lipinski definition) is 1. The van der Waals surface area contributed by atoms with Gasteiger partial charge in [0, 0.05) is 36.5 Å². The molecule has 182 valence electrons. The third-order valence-corrected chi connectivity index (χ3v) is 6.46. The first-order valence-corrected chi connectivity index (χ1v) is 11.9. The number of fused-ring (bicyclic) bond motifs is 1. The number of benzene rings is 3. The second-order valence-corrected chi connectivity index (χ2v) is 9.82. The van der Waals surface area contributed by atoms with Crippen LogP contribution in [0.5, 0.6) is 5.75 Å². The maximum Gasteiger partial charge on any atom is 0.305 e. The molecule has 1 heterocycles. The van der Waals surface area contributed by atoms with Gasteiger partial charge >= 0.3 is 5.97 Å². The Kier molecular flexibility index (Phi) is 7.33. The predicted molar refractivity (Wildman–Crippen MR) is 133 cm³/mol. The Morgan fingerprint density at radius 1 is 1.09 bits per heavy atom. The monoisotopic (exact) mass is 515 g/mol. The van der Waals surface area contributed by atoms with Gasteiger partial charge in [0.05, 0.1) is 11.4 Å². The van der Waals surface area contributed by atoms with E-state index in [-0.39, 0.29) is 30.4 Å². The van der Waals surface area contributed by atoms with Gasteiger partial charge in [-0.05, 0) is 66.1 Å². The van der Waals surface area contributed by atoms with Crippen LogP contribution in [0.2, 0.25) is 10.0 Å². The fraction of sp³-hybridized carbons (Fsp3) is 0.259. The molecule has 0 saturated carbocycles. The van der Waals surface area contributed by atoms with Crippen LogP contribution in [0.15, 0.2) is 60.7 Å². The van der Waals surface area contributed by atoms with Crippen LogP contribution in [0.1, 0.15) is 40.4 Å². The Labute approximate surface area is 213 Å². The van der Waals surface area contributed by atoms with Crippen LogP contribution >= 0.6 is 23.2 Å². The number of rotatable bonds is 8. The van der Waals surface area contributed by atoms with Gasteiger partial charge in [-0.1, -0.05) is 41.4 Å². The molecular formula is C27H24Cl2FNO4. The molecule has 8 heteroatoms. The standard InChI is InChI=1S/C27H24Cl2FNO4/c1-27(14-17-5-7-23(30)22(29)12-17)15-20-13-19(6-8-24(20)35-27)26(34)31(10-9-25(32)33)16-18-3-2-4-21(28)11-18/h2-8,11-13H,9-10,14-16H2,1H3,(H,32,33)/t27-/m1/s1. The zero-order valence-electron chi connectivity index (χ0n) is 19.1. The van der Waals surface area contributed by atoms with Crippen molar-refractivity contribution in [3.05, 3.63) is 98.8 Å². The van der Waals surface area contributed by atoms with Crippen molar-refractivity contribution >= 4 is 35.1 Å². The van der Waals surface area contributed by atoms with Gasteiger partial charge in [0.15, 0.2) is 0 Å². The number of aliphatic carboxylic acids is 1. The van der Waals surface area contributed by atoms with Gasteiger partial charge in [-0.15, -0.1) is 0 Å². The van der Waals surface area contributed by atoms with Gasteiger partial charge in [0.25, 0.3) is 5.91 Å². The van der Waals surface area contributed by atoms with Crippen LogP contribution in [0, 0.1) is 5.82 Å². The number of amides is 1. The molecule has 5 nitrogen and oxygen atoms in total. The quantitative estimate of drug-likeness (QED) is 0.388. The minimum Gasteiger partial charge on any atom is -0.487 e. The summed E-state index contributed by atoms with van der Waals surface area (Å²) in [5.41, 5.74) is 2.42. The molecule has 1 N–H and O–H groups in total. The summed E-state index contributed by atoms with van der Waals surface area (Å²) in [4.78, 5) is 26.1. The molecule has 0 unspecified atom stereocenters. The van der Waals surface area contributed by atoms with E-state index in [4.69, 9.17) is 33.0 Å². The Bertz CT molecular complexity index is 1280. The summed E-state index contributed by atoms with van der Waals surface area (Å²) in [6.07, 6.45) is 0.908. The zero-order valence-corrected chi connectivity index (χ0v) is 20.6. The molecule has 35 heavy (non-hydrogen) atoms. The maximum atomic E-state index is 13.5. The SMILES string of the molecule is C[C@@]1(Cc2ccc(F)c(Cl)c2)Cc2cc(C(=O)N(CCC(=O)O)Cc3cccc(Cl)c3)ccc2O1. The third-order valence-electron chi connectivity index (χ3n) is 5.94. The van der Waals surface area contributed by atoms with E-state index in [1.165, 1.54) is 11.0 Å². The van der Waals surface area contributed by atoms with Crippen molar-refractivity contribution in [1.82, 2.24) is 4.90 Å². The Balaban J connectivity index is 1.53. The molecule has 0 fully saturated rings. The number of ether oxygens (including phenoxy) is 1. The van der Waals surface area contributed by atoms with E-state index in [1.54, 1.807) is 48.5 Å². The first kappa shape index (κ1) is 25.0. The minimum absolute atomic E-state index is 0.0654. The van der Waals surface area contributed by atoms with Crippen molar-refractivity contribution in [2.24, 2.45) is 0 Å². The van der Waals surface area contributed by atoms with Gasteiger partial charge in [0.1, 0.15) is 17.2 Å². The molecular weight excluding hydrogens is 492 g/mol. The van der Waals surface area contributed by atoms with Crippen LogP contribution in [-0.2, 0) is 24.2 Å². The van der Waals surface area contributed by atoms with Crippen molar-refractivity contribution in [2.45, 2.75) is 38.3 Å². The smallest absolute Gasteiger partial charge is 0.305 e. The summed E-state index contributed by atoms with van der Waals surface area (Å²) < 4.78 is 19.7. The highest BCUT2D eigenvalue weighted by Gasteiger charge is 2.35. The average Bonchev–Trinajstić information content (AvgIpc) is 3.13. The molecule has 1 aliphatic heterocycles. The normalized spacial score (nSPS) is 16.5. The van der Waals surface area contributed by atoms with Crippen LogP contribution in [-0.4, -0.2) is 34.0 Å². The largest absolute Gasteiger partial charge is 0.487 e. The van der Waals surface area contributed by atoms with Gasteiger partial charge in [-0.2, -0.15) is 0 Å². The lowest BCUT2D eigenvalue weighted by Crippen LogP contribution is -2.33. The fourth-order valence-electron chi connectivity index (χ4n) is 4.36. The molecule has 3 aromatic rings. The van der Waals surface area contributed by atoms with Gasteiger partial charge in [-0.25, -0.2) is 4.39 Å². The lowest BCUT2D eigenvalue weighted by Gasteiger charge is -2.24. The van der Waals surface area contributed by atoms with Gasteiger partial charge < -0.3 is 14.7 Å². The predicted octanol–water partition coefficient (Wildman–Crippen LogP) is 6.19. The van der Waals surface area contributed by atoms with Crippen LogP contribution in [0.4, 0.5) is 4.39 Å². The van der Waals surface area contributed by atoms with Gasteiger partial charge in [-0.3, -0.25) is 9.59 Å². The van der Waals surface area contributed by atoms with Crippen molar-refractivity contribution in [2.75, 3.05) is 6.54 Å². The Morgan fingerprint density at radius 2 is 1.89 bits per heavy atom. The fourth-order valence-corrected chi connectivity index (χ4v) is 4.77. The van der Waals surface area contributed by atoms with Crippen molar-refractivity contribution < 1.29 is 23.8 Å². The summed E-state index contributed by atoms with van der Waals surface area (Å²) in [5.74, 6) is -1.03. The van der Waals surface area contributed by atoms with Crippen molar-refractivity contribution in [3.8, 4) is 5.75 Å². The molecule has 1 atom stereocenters. The van der Waals surface area contributed by atoms with E-state index in [0.29, 0.717) is 29.2 Å². The number of carbonyl (C=O) groups is 2. The Morgan fingerprint density at radius 3 is 2.60 bits per heavy atom. The van der Waals surface area contributed by atoms with E-state index >= 15 is 0 Å². The van der Waals surface area contributed by atoms with Crippen molar-refractivity contribution in [3.63, 3.8) is 0 Å². The molecule has 3 aromatic carbocycles. The molecule has 0 spiro atoms. The number of hydrogen-bond acceptors (Lipinski definition) is 3. The lowest BCUT2D eigenvalue weighted by molar-refractivity contribution is -0.137. The summed E-state index contributed by atoms with van der Waals surface area (Å²) >= 11 is 12.0. The first-order chi connectivity index (χ1) is 16.6. The van der Waals surface area contributed by atoms with Crippen LogP contribution in [0.3, 0.4) is 0 Å². The van der Waals surface area contributed by atoms with Crippen LogP contribution < -0.4 is 4.74 Å². The van der Waals surface area contributed by atoms with Crippen LogP contribution in [0.25, 0.3) is 0 Å². The van der Waals surface area contributed by atoms with E-state index in [1.807, 2.05) is 13.0 Å². The Hall–Kier alpha value is -3.09. The molecule has 1 amide bonds. The third kappa shape index (κ3) is 6.13. The summed E-state index contributed by atoms with van der Waals surface area (Å²) in [6, 6.07) is 17.0. The molecule has 0 bridgehead atoms. The number of carboxylic acids is 1. The number of carbonyl (C=O) groups excluding carboxylic acids is 1. The second kappa shape index (κ2) is 10.3. The maximum absolute atomic E-state index is 13.5. The lowest BCUT2D eigenvalue weighted by atomic mass is 9.91. The highest BCUT2D eigenvalue weighted by atomic mass is 35.5. The van der Waals surface area contributed by atoms with E-state index in [9.17, 15) is 14.0 Å².